The maximum Gasteiger partial charge on any atom is 0.407 e. The molecule has 3 N–H and O–H groups in total. The number of benzene rings is 1. The number of nitrogen functional groups attached to an aromatic ring is 1. The van der Waals surface area contributed by atoms with Gasteiger partial charge in [0.2, 0.25) is 0 Å². The summed E-state index contributed by atoms with van der Waals surface area (Å²) in [5, 5.41) is 9.54. The number of nitrogens with two attached hydrogens (primary N) is 1. The fourth-order valence-corrected chi connectivity index (χ4v) is 3.61. The third kappa shape index (κ3) is 4.30. The van der Waals surface area contributed by atoms with Gasteiger partial charge in [-0.3, -0.25) is 4.90 Å². The number of carbonyl (C=O) groups is 2. The first-order valence-corrected chi connectivity index (χ1v) is 9.35. The number of carboxylic acid groups (broad SMARTS) is 1. The van der Waals surface area contributed by atoms with Crippen molar-refractivity contribution in [3.8, 4) is 11.8 Å². The molecule has 1 aromatic carbocycles. The first kappa shape index (κ1) is 21.8. The van der Waals surface area contributed by atoms with Crippen molar-refractivity contribution in [2.45, 2.75) is 33.2 Å². The van der Waals surface area contributed by atoms with E-state index in [1.165, 1.54) is 11.0 Å². The van der Waals surface area contributed by atoms with E-state index in [1.807, 2.05) is 26.8 Å². The van der Waals surface area contributed by atoms with E-state index in [4.69, 9.17) is 5.73 Å². The van der Waals surface area contributed by atoms with Crippen LogP contribution in [0.5, 0.6) is 0 Å². The van der Waals surface area contributed by atoms with Gasteiger partial charge in [-0.25, -0.2) is 14.0 Å². The zero-order valence-electron chi connectivity index (χ0n) is 16.1. The molecular formula is C20H22BrFN2O4. The number of halogens is 2. The molecule has 0 aromatic heterocycles. The van der Waals surface area contributed by atoms with E-state index in [0.29, 0.717) is 23.0 Å². The molecule has 0 spiro atoms. The van der Waals surface area contributed by atoms with Crippen molar-refractivity contribution in [1.82, 2.24) is 4.90 Å². The Hall–Kier alpha value is -2.53. The summed E-state index contributed by atoms with van der Waals surface area (Å²) in [5.41, 5.74) is 5.71. The standard InChI is InChI=1S/C20H22BrFN2O4/c1-20(2,3)17-11(6-5-9-24(17)19(26)27)7-8-12-15(22)13(18(25)28-4)10-14(21)16(12)23/h6,10,17H,5,9,23H2,1-4H3,(H,26,27). The third-order valence-electron chi connectivity index (χ3n) is 4.40. The van der Waals surface area contributed by atoms with Gasteiger partial charge in [0.05, 0.1) is 30.0 Å². The molecule has 1 amide bonds. The average molecular weight is 453 g/mol. The number of nitrogens with zero attached hydrogens (tertiary/aromatic N) is 1. The Kier molecular flexibility index (Phi) is 6.40. The lowest BCUT2D eigenvalue weighted by atomic mass is 9.79. The molecule has 1 heterocycles. The maximum atomic E-state index is 14.8. The van der Waals surface area contributed by atoms with Gasteiger partial charge in [-0.05, 0) is 33.8 Å². The largest absolute Gasteiger partial charge is 0.465 e. The summed E-state index contributed by atoms with van der Waals surface area (Å²) in [6.45, 7) is 6.11. The molecule has 0 fully saturated rings. The normalized spacial score (nSPS) is 16.7. The molecule has 1 aliphatic rings. The molecule has 1 aromatic rings. The van der Waals surface area contributed by atoms with Crippen LogP contribution in [0.3, 0.4) is 0 Å². The van der Waals surface area contributed by atoms with Gasteiger partial charge in [0.15, 0.2) is 5.82 Å². The fourth-order valence-electron chi connectivity index (χ4n) is 3.18. The molecule has 150 valence electrons. The number of hydrogen-bond acceptors (Lipinski definition) is 4. The van der Waals surface area contributed by atoms with Crippen LogP contribution in [0.2, 0.25) is 0 Å². The van der Waals surface area contributed by atoms with E-state index in [0.717, 1.165) is 7.11 Å². The molecule has 0 aliphatic carbocycles. The van der Waals surface area contributed by atoms with Crippen molar-refractivity contribution in [2.24, 2.45) is 5.41 Å². The Morgan fingerprint density at radius 2 is 2.04 bits per heavy atom. The SMILES string of the molecule is COC(=O)c1cc(Br)c(N)c(C#CC2=CCCN(C(=O)O)C2C(C)(C)C)c1F. The highest BCUT2D eigenvalue weighted by molar-refractivity contribution is 9.10. The van der Waals surface area contributed by atoms with E-state index in [9.17, 15) is 19.1 Å². The topological polar surface area (TPSA) is 92.9 Å². The van der Waals surface area contributed by atoms with Crippen LogP contribution in [0.25, 0.3) is 0 Å². The Morgan fingerprint density at radius 1 is 1.39 bits per heavy atom. The van der Waals surface area contributed by atoms with Crippen LogP contribution in [0.15, 0.2) is 22.2 Å². The molecule has 0 radical (unpaired) electrons. The lowest BCUT2D eigenvalue weighted by molar-refractivity contribution is 0.0595. The van der Waals surface area contributed by atoms with E-state index >= 15 is 0 Å². The summed E-state index contributed by atoms with van der Waals surface area (Å²) in [4.78, 5) is 24.8. The van der Waals surface area contributed by atoms with Crippen molar-refractivity contribution >= 4 is 33.7 Å². The Balaban J connectivity index is 2.58. The predicted octanol–water partition coefficient (Wildman–Crippen LogP) is 4.03. The number of methoxy groups -OCH3 is 1. The minimum Gasteiger partial charge on any atom is -0.465 e. The van der Waals surface area contributed by atoms with Crippen LogP contribution in [0.1, 0.15) is 43.1 Å². The molecule has 1 aliphatic heterocycles. The van der Waals surface area contributed by atoms with Crippen LogP contribution in [0.4, 0.5) is 14.9 Å². The van der Waals surface area contributed by atoms with Gasteiger partial charge >= 0.3 is 12.1 Å². The molecule has 1 unspecified atom stereocenters. The van der Waals surface area contributed by atoms with Crippen LogP contribution < -0.4 is 5.73 Å². The summed E-state index contributed by atoms with van der Waals surface area (Å²) in [6, 6.07) is 0.758. The van der Waals surface area contributed by atoms with Gasteiger partial charge in [-0.2, -0.15) is 0 Å². The monoisotopic (exact) mass is 452 g/mol. The lowest BCUT2D eigenvalue weighted by Crippen LogP contribution is -2.50. The van der Waals surface area contributed by atoms with Gasteiger partial charge in [-0.1, -0.05) is 38.7 Å². The summed E-state index contributed by atoms with van der Waals surface area (Å²) >= 11 is 3.20. The smallest absolute Gasteiger partial charge is 0.407 e. The van der Waals surface area contributed by atoms with Crippen LogP contribution in [-0.4, -0.2) is 41.8 Å². The molecular weight excluding hydrogens is 431 g/mol. The van der Waals surface area contributed by atoms with Crippen LogP contribution in [-0.2, 0) is 4.74 Å². The number of amides is 1. The number of carbonyl (C=O) groups excluding carboxylic acids is 1. The summed E-state index contributed by atoms with van der Waals surface area (Å²) in [6.07, 6.45) is 1.33. The molecule has 6 nitrogen and oxygen atoms in total. The zero-order chi connectivity index (χ0) is 21.2. The van der Waals surface area contributed by atoms with Gasteiger partial charge < -0.3 is 15.6 Å². The Bertz CT molecular complexity index is 909. The molecule has 28 heavy (non-hydrogen) atoms. The number of anilines is 1. The fraction of sp³-hybridized carbons (Fsp3) is 0.400. The third-order valence-corrected chi connectivity index (χ3v) is 5.05. The van der Waals surface area contributed by atoms with Gasteiger partial charge in [-0.15, -0.1) is 0 Å². The molecule has 8 heteroatoms. The van der Waals surface area contributed by atoms with Crippen molar-refractivity contribution in [3.05, 3.63) is 39.1 Å². The first-order valence-electron chi connectivity index (χ1n) is 8.56. The van der Waals surface area contributed by atoms with Crippen molar-refractivity contribution in [2.75, 3.05) is 19.4 Å². The number of rotatable bonds is 1. The van der Waals surface area contributed by atoms with Gasteiger partial charge in [0.1, 0.15) is 0 Å². The summed E-state index contributed by atoms with van der Waals surface area (Å²) < 4.78 is 19.7. The first-order chi connectivity index (χ1) is 13.0. The molecule has 0 saturated heterocycles. The van der Waals surface area contributed by atoms with E-state index in [-0.39, 0.29) is 16.8 Å². The second-order valence-corrected chi connectivity index (χ2v) is 8.30. The van der Waals surface area contributed by atoms with E-state index < -0.39 is 29.3 Å². The van der Waals surface area contributed by atoms with E-state index in [2.05, 4.69) is 32.5 Å². The second-order valence-electron chi connectivity index (χ2n) is 7.44. The average Bonchev–Trinajstić information content (AvgIpc) is 2.62. The molecule has 2 rings (SSSR count). The highest BCUT2D eigenvalue weighted by atomic mass is 79.9. The number of hydrogen-bond donors (Lipinski definition) is 2. The van der Waals surface area contributed by atoms with Crippen LogP contribution in [0, 0.1) is 23.1 Å². The highest BCUT2D eigenvalue weighted by Crippen LogP contribution is 2.33. The van der Waals surface area contributed by atoms with E-state index in [1.54, 1.807) is 0 Å². The Labute approximate surface area is 171 Å². The number of esters is 1. The molecule has 0 bridgehead atoms. The van der Waals surface area contributed by atoms with Crippen LogP contribution >= 0.6 is 15.9 Å². The number of ether oxygens (including phenoxy) is 1. The highest BCUT2D eigenvalue weighted by Gasteiger charge is 2.37. The maximum absolute atomic E-state index is 14.8. The summed E-state index contributed by atoms with van der Waals surface area (Å²) in [5.74, 6) is 3.86. The van der Waals surface area contributed by atoms with Crippen molar-refractivity contribution in [1.29, 1.82) is 0 Å². The van der Waals surface area contributed by atoms with Gasteiger partial charge in [0.25, 0.3) is 0 Å². The summed E-state index contributed by atoms with van der Waals surface area (Å²) in [7, 11) is 1.15. The lowest BCUT2D eigenvalue weighted by Gasteiger charge is -2.41. The van der Waals surface area contributed by atoms with Crippen molar-refractivity contribution in [3.63, 3.8) is 0 Å². The quantitative estimate of drug-likeness (QED) is 0.381. The van der Waals surface area contributed by atoms with Gasteiger partial charge in [0, 0.05) is 16.6 Å². The zero-order valence-corrected chi connectivity index (χ0v) is 17.7. The Morgan fingerprint density at radius 3 is 2.57 bits per heavy atom. The minimum atomic E-state index is -1.03. The second kappa shape index (κ2) is 8.23. The van der Waals surface area contributed by atoms with Crippen molar-refractivity contribution < 1.29 is 23.8 Å². The molecule has 0 saturated carbocycles. The minimum absolute atomic E-state index is 0.0523. The predicted molar refractivity (Wildman–Crippen MR) is 107 cm³/mol. The molecule has 1 atom stereocenters.